The summed E-state index contributed by atoms with van der Waals surface area (Å²) in [7, 11) is -3.53. The summed E-state index contributed by atoms with van der Waals surface area (Å²) in [5, 5.41) is 5.96. The fraction of sp³-hybridized carbons (Fsp3) is 0.588. The van der Waals surface area contributed by atoms with Gasteiger partial charge in [-0.1, -0.05) is 18.9 Å². The molecule has 2 fully saturated rings. The third-order valence-electron chi connectivity index (χ3n) is 4.67. The summed E-state index contributed by atoms with van der Waals surface area (Å²) < 4.78 is 27.7. The summed E-state index contributed by atoms with van der Waals surface area (Å²) >= 11 is 1.68. The number of halogens is 1. The van der Waals surface area contributed by atoms with E-state index in [1.807, 2.05) is 0 Å². The number of sulfonamides is 1. The molecular weight excluding hydrogens is 394 g/mol. The van der Waals surface area contributed by atoms with Gasteiger partial charge in [-0.3, -0.25) is 10.1 Å². The fourth-order valence-electron chi connectivity index (χ4n) is 3.17. The molecule has 9 heteroatoms. The van der Waals surface area contributed by atoms with Crippen molar-refractivity contribution in [3.63, 3.8) is 0 Å². The van der Waals surface area contributed by atoms with Crippen LogP contribution in [-0.4, -0.2) is 49.4 Å². The predicted molar refractivity (Wildman–Crippen MR) is 109 cm³/mol. The van der Waals surface area contributed by atoms with E-state index < -0.39 is 10.0 Å². The van der Waals surface area contributed by atoms with Crippen molar-refractivity contribution in [3.8, 4) is 0 Å². The van der Waals surface area contributed by atoms with Crippen LogP contribution in [0.15, 0.2) is 23.1 Å². The molecule has 26 heavy (non-hydrogen) atoms. The molecule has 1 atom stereocenters. The number of benzene rings is 1. The van der Waals surface area contributed by atoms with Gasteiger partial charge >= 0.3 is 0 Å². The van der Waals surface area contributed by atoms with Crippen LogP contribution in [0.2, 0.25) is 0 Å². The molecule has 0 aliphatic carbocycles. The lowest BCUT2D eigenvalue weighted by atomic mass is 10.2. The second-order valence-corrected chi connectivity index (χ2v) is 9.50. The van der Waals surface area contributed by atoms with Crippen molar-refractivity contribution in [2.45, 2.75) is 43.5 Å². The molecule has 2 aliphatic rings. The number of hydrogen-bond donors (Lipinski definition) is 2. The summed E-state index contributed by atoms with van der Waals surface area (Å²) in [4.78, 5) is 12.6. The van der Waals surface area contributed by atoms with Crippen LogP contribution < -0.4 is 10.6 Å². The summed E-state index contributed by atoms with van der Waals surface area (Å²) in [6.07, 6.45) is 3.96. The normalized spacial score (nSPS) is 21.7. The van der Waals surface area contributed by atoms with Gasteiger partial charge in [0.1, 0.15) is 0 Å². The van der Waals surface area contributed by atoms with Gasteiger partial charge in [-0.05, 0) is 37.5 Å². The van der Waals surface area contributed by atoms with Crippen LogP contribution in [0.1, 0.15) is 31.2 Å². The van der Waals surface area contributed by atoms with E-state index in [0.717, 1.165) is 37.3 Å². The molecule has 6 nitrogen and oxygen atoms in total. The summed E-state index contributed by atoms with van der Waals surface area (Å²) in [6.45, 7) is 2.94. The zero-order chi connectivity index (χ0) is 17.9. The molecule has 2 N–H and O–H groups in total. The molecule has 0 aromatic heterocycles. The molecule has 0 bridgehead atoms. The molecule has 1 amide bonds. The van der Waals surface area contributed by atoms with Gasteiger partial charge in [0.25, 0.3) is 0 Å². The third-order valence-corrected chi connectivity index (χ3v) is 7.65. The minimum absolute atomic E-state index is 0. The first-order valence-electron chi connectivity index (χ1n) is 8.71. The Morgan fingerprint density at radius 1 is 1.23 bits per heavy atom. The number of aryl methyl sites for hydroxylation is 1. The Kier molecular flexibility index (Phi) is 7.78. The average Bonchev–Trinajstić information content (AvgIpc) is 2.98. The maximum atomic E-state index is 13.1. The number of nitrogens with zero attached hydrogens (tertiary/aromatic N) is 1. The monoisotopic (exact) mass is 419 g/mol. The van der Waals surface area contributed by atoms with Crippen LogP contribution in [0.25, 0.3) is 0 Å². The number of carbonyl (C=O) groups excluding carboxylic acids is 1. The maximum absolute atomic E-state index is 13.1. The van der Waals surface area contributed by atoms with Crippen molar-refractivity contribution in [2.24, 2.45) is 0 Å². The smallest absolute Gasteiger partial charge is 0.243 e. The SMILES string of the molecule is Cc1ccc(NC(=O)C2CSCN2)cc1S(=O)(=O)N1CCCCCC1.Cl. The first-order chi connectivity index (χ1) is 12.0. The van der Waals surface area contributed by atoms with Crippen LogP contribution in [-0.2, 0) is 14.8 Å². The van der Waals surface area contributed by atoms with Crippen LogP contribution >= 0.6 is 24.2 Å². The van der Waals surface area contributed by atoms with Gasteiger partial charge in [-0.2, -0.15) is 4.31 Å². The number of anilines is 1. The van der Waals surface area contributed by atoms with Crippen LogP contribution in [0.4, 0.5) is 5.69 Å². The van der Waals surface area contributed by atoms with Crippen molar-refractivity contribution in [3.05, 3.63) is 23.8 Å². The highest BCUT2D eigenvalue weighted by atomic mass is 35.5. The van der Waals surface area contributed by atoms with E-state index in [0.29, 0.717) is 29.2 Å². The van der Waals surface area contributed by atoms with Crippen LogP contribution in [0.5, 0.6) is 0 Å². The van der Waals surface area contributed by atoms with Crippen LogP contribution in [0, 0.1) is 6.92 Å². The first-order valence-corrected chi connectivity index (χ1v) is 11.3. The van der Waals surface area contributed by atoms with Gasteiger partial charge in [-0.15, -0.1) is 24.2 Å². The van der Waals surface area contributed by atoms with Gasteiger partial charge in [-0.25, -0.2) is 8.42 Å². The lowest BCUT2D eigenvalue weighted by Gasteiger charge is -2.21. The molecule has 2 saturated heterocycles. The molecule has 1 aromatic carbocycles. The first kappa shape index (κ1) is 21.5. The second kappa shape index (κ2) is 9.41. The molecule has 146 valence electrons. The average molecular weight is 420 g/mol. The van der Waals surface area contributed by atoms with Gasteiger partial charge in [0.05, 0.1) is 10.9 Å². The number of rotatable bonds is 4. The number of amides is 1. The number of carbonyl (C=O) groups is 1. The molecule has 1 unspecified atom stereocenters. The van der Waals surface area contributed by atoms with Crippen molar-refractivity contribution < 1.29 is 13.2 Å². The summed E-state index contributed by atoms with van der Waals surface area (Å²) in [6, 6.07) is 4.89. The Balaban J connectivity index is 0.00000243. The second-order valence-electron chi connectivity index (χ2n) is 6.56. The standard InChI is InChI=1S/C17H25N3O3S2.ClH/c1-13-6-7-14(19-17(21)15-11-24-12-18-15)10-16(13)25(22,23)20-8-4-2-3-5-9-20;/h6-7,10,15,18H,2-5,8-9,11-12H2,1H3,(H,19,21);1H. The molecule has 2 aliphatic heterocycles. The number of hydrogen-bond acceptors (Lipinski definition) is 5. The Morgan fingerprint density at radius 3 is 2.54 bits per heavy atom. The van der Waals surface area contributed by atoms with E-state index >= 15 is 0 Å². The van der Waals surface area contributed by atoms with Crippen molar-refractivity contribution in [1.29, 1.82) is 0 Å². The minimum Gasteiger partial charge on any atom is -0.325 e. The van der Waals surface area contributed by atoms with E-state index in [1.54, 1.807) is 41.2 Å². The van der Waals surface area contributed by atoms with Crippen molar-refractivity contribution in [1.82, 2.24) is 9.62 Å². The number of nitrogens with one attached hydrogen (secondary N) is 2. The third kappa shape index (κ3) is 4.92. The van der Waals surface area contributed by atoms with Crippen LogP contribution in [0.3, 0.4) is 0 Å². The molecule has 3 rings (SSSR count). The highest BCUT2D eigenvalue weighted by Crippen LogP contribution is 2.26. The fourth-order valence-corrected chi connectivity index (χ4v) is 5.88. The zero-order valence-electron chi connectivity index (χ0n) is 14.9. The van der Waals surface area contributed by atoms with Gasteiger partial charge in [0.2, 0.25) is 15.9 Å². The molecule has 0 radical (unpaired) electrons. The lowest BCUT2D eigenvalue weighted by Crippen LogP contribution is -2.37. The van der Waals surface area contributed by atoms with Crippen molar-refractivity contribution in [2.75, 3.05) is 30.0 Å². The lowest BCUT2D eigenvalue weighted by molar-refractivity contribution is -0.117. The Labute approximate surface area is 165 Å². The highest BCUT2D eigenvalue weighted by molar-refractivity contribution is 7.99. The van der Waals surface area contributed by atoms with Gasteiger partial charge < -0.3 is 5.32 Å². The molecular formula is C17H26ClN3O3S2. The topological polar surface area (TPSA) is 78.5 Å². The molecule has 1 aromatic rings. The zero-order valence-corrected chi connectivity index (χ0v) is 17.3. The van der Waals surface area contributed by atoms with E-state index in [1.165, 1.54) is 0 Å². The number of thioether (sulfide) groups is 1. The molecule has 0 spiro atoms. The molecule has 0 saturated carbocycles. The van der Waals surface area contributed by atoms with Gasteiger partial charge in [0.15, 0.2) is 0 Å². The van der Waals surface area contributed by atoms with E-state index in [2.05, 4.69) is 10.6 Å². The Hall–Kier alpha value is -0.800. The van der Waals surface area contributed by atoms with E-state index in [-0.39, 0.29) is 24.4 Å². The summed E-state index contributed by atoms with van der Waals surface area (Å²) in [5.41, 5.74) is 1.24. The molecule has 2 heterocycles. The Morgan fingerprint density at radius 2 is 1.92 bits per heavy atom. The Bertz CT molecular complexity index is 729. The maximum Gasteiger partial charge on any atom is 0.243 e. The predicted octanol–water partition coefficient (Wildman–Crippen LogP) is 2.58. The largest absolute Gasteiger partial charge is 0.325 e. The highest BCUT2D eigenvalue weighted by Gasteiger charge is 2.28. The minimum atomic E-state index is -3.53. The van der Waals surface area contributed by atoms with E-state index in [4.69, 9.17) is 0 Å². The van der Waals surface area contributed by atoms with E-state index in [9.17, 15) is 13.2 Å². The van der Waals surface area contributed by atoms with Crippen molar-refractivity contribution >= 4 is 45.8 Å². The quantitative estimate of drug-likeness (QED) is 0.784. The van der Waals surface area contributed by atoms with Gasteiger partial charge in [0, 0.05) is 30.4 Å². The summed E-state index contributed by atoms with van der Waals surface area (Å²) in [5.74, 6) is 1.38.